The van der Waals surface area contributed by atoms with Gasteiger partial charge in [-0.15, -0.1) is 6.58 Å². The molecule has 0 aliphatic carbocycles. The maximum Gasteiger partial charge on any atom is 0.109 e. The first-order valence-corrected chi connectivity index (χ1v) is 4.05. The highest BCUT2D eigenvalue weighted by Crippen LogP contribution is 2.12. The Balaban J connectivity index is 2.47. The molecular weight excluding hydrogens is 152 g/mol. The predicted molar refractivity (Wildman–Crippen MR) is 51.0 cm³/mol. The summed E-state index contributed by atoms with van der Waals surface area (Å²) in [5.41, 5.74) is 0. The average Bonchev–Trinajstić information content (AvgIpc) is 2.15. The van der Waals surface area contributed by atoms with E-state index in [4.69, 9.17) is 4.74 Å². The van der Waals surface area contributed by atoms with Crippen LogP contribution < -0.4 is 0 Å². The molecule has 0 spiro atoms. The Labute approximate surface area is 72.9 Å². The van der Waals surface area contributed by atoms with Crippen molar-refractivity contribution in [1.82, 2.24) is 0 Å². The van der Waals surface area contributed by atoms with Gasteiger partial charge >= 0.3 is 0 Å². The topological polar surface area (TPSA) is 34.0 Å². The Bertz CT molecular complexity index is 199. The summed E-state index contributed by atoms with van der Waals surface area (Å²) >= 11 is 0. The summed E-state index contributed by atoms with van der Waals surface area (Å²) in [4.78, 5) is 8.13. The van der Waals surface area contributed by atoms with Crippen LogP contribution in [0.1, 0.15) is 12.8 Å². The number of ether oxygens (including phenoxy) is 1. The zero-order valence-electron chi connectivity index (χ0n) is 7.31. The maximum absolute atomic E-state index is 5.28. The van der Waals surface area contributed by atoms with E-state index in [1.54, 1.807) is 13.4 Å². The van der Waals surface area contributed by atoms with Crippen molar-refractivity contribution in [2.24, 2.45) is 9.98 Å². The van der Waals surface area contributed by atoms with E-state index >= 15 is 0 Å². The molecule has 1 unspecified atom stereocenters. The van der Waals surface area contributed by atoms with E-state index < -0.39 is 0 Å². The number of methoxy groups -OCH3 is 1. The van der Waals surface area contributed by atoms with E-state index in [1.165, 1.54) is 0 Å². The lowest BCUT2D eigenvalue weighted by molar-refractivity contribution is 0.0855. The van der Waals surface area contributed by atoms with Gasteiger partial charge in [-0.25, -0.2) is 4.99 Å². The Morgan fingerprint density at radius 3 is 3.17 bits per heavy atom. The van der Waals surface area contributed by atoms with Crippen LogP contribution in [0.5, 0.6) is 0 Å². The van der Waals surface area contributed by atoms with Crippen molar-refractivity contribution in [3.05, 3.63) is 12.7 Å². The van der Waals surface area contributed by atoms with Crippen molar-refractivity contribution in [2.75, 3.05) is 7.11 Å². The zero-order chi connectivity index (χ0) is 8.81. The van der Waals surface area contributed by atoms with Gasteiger partial charge in [-0.1, -0.05) is 6.08 Å². The smallest absolute Gasteiger partial charge is 0.109 e. The van der Waals surface area contributed by atoms with Crippen LogP contribution in [0.25, 0.3) is 0 Å². The number of rotatable bonds is 4. The van der Waals surface area contributed by atoms with E-state index in [0.29, 0.717) is 0 Å². The molecule has 1 aliphatic heterocycles. The van der Waals surface area contributed by atoms with Gasteiger partial charge in [0.2, 0.25) is 0 Å². The molecular formula is C9H14N2O. The Hall–Kier alpha value is -0.960. The van der Waals surface area contributed by atoms with E-state index in [9.17, 15) is 0 Å². The van der Waals surface area contributed by atoms with Crippen LogP contribution in [0.4, 0.5) is 0 Å². The van der Waals surface area contributed by atoms with Crippen LogP contribution in [0.2, 0.25) is 0 Å². The first kappa shape index (κ1) is 9.13. The molecule has 1 rings (SSSR count). The van der Waals surface area contributed by atoms with Gasteiger partial charge in [-0.3, -0.25) is 4.99 Å². The van der Waals surface area contributed by atoms with Crippen molar-refractivity contribution >= 4 is 12.6 Å². The lowest BCUT2D eigenvalue weighted by atomic mass is 10.1. The summed E-state index contributed by atoms with van der Waals surface area (Å²) in [6.07, 6.45) is 7.16. The monoisotopic (exact) mass is 166 g/mol. The quantitative estimate of drug-likeness (QED) is 0.582. The minimum atomic E-state index is 0.144. The molecule has 0 aromatic heterocycles. The molecule has 3 nitrogen and oxygen atoms in total. The van der Waals surface area contributed by atoms with Crippen LogP contribution in [-0.4, -0.2) is 31.8 Å². The molecule has 1 aliphatic rings. The molecule has 0 aromatic rings. The molecule has 0 bridgehead atoms. The van der Waals surface area contributed by atoms with Crippen LogP contribution in [0.3, 0.4) is 0 Å². The second kappa shape index (κ2) is 4.83. The SMILES string of the molecule is C=CCC(OC)[C@@H]1CC=NC=N1. The molecule has 1 heterocycles. The van der Waals surface area contributed by atoms with Gasteiger partial charge in [0.05, 0.1) is 12.1 Å². The van der Waals surface area contributed by atoms with E-state index in [-0.39, 0.29) is 12.1 Å². The van der Waals surface area contributed by atoms with Gasteiger partial charge in [0, 0.05) is 19.7 Å². The van der Waals surface area contributed by atoms with Gasteiger partial charge < -0.3 is 4.74 Å². The van der Waals surface area contributed by atoms with Crippen molar-refractivity contribution in [3.8, 4) is 0 Å². The molecule has 0 amide bonds. The van der Waals surface area contributed by atoms with Gasteiger partial charge in [-0.2, -0.15) is 0 Å². The molecule has 12 heavy (non-hydrogen) atoms. The lowest BCUT2D eigenvalue weighted by Crippen LogP contribution is -2.27. The Morgan fingerprint density at radius 1 is 1.83 bits per heavy atom. The highest BCUT2D eigenvalue weighted by atomic mass is 16.5. The summed E-state index contributed by atoms with van der Waals surface area (Å²) in [6.45, 7) is 3.68. The fraction of sp³-hybridized carbons (Fsp3) is 0.556. The third-order valence-corrected chi connectivity index (χ3v) is 1.91. The summed E-state index contributed by atoms with van der Waals surface area (Å²) < 4.78 is 5.28. The summed E-state index contributed by atoms with van der Waals surface area (Å²) in [5.74, 6) is 0. The van der Waals surface area contributed by atoms with Crippen LogP contribution >= 0.6 is 0 Å². The standard InChI is InChI=1S/C9H14N2O/c1-3-4-9(12-2)8-5-6-10-7-11-8/h3,6-9H,1,4-5H2,2H3/t8-,9?/m0/s1. The third kappa shape index (κ3) is 2.27. The van der Waals surface area contributed by atoms with Gasteiger partial charge in [0.1, 0.15) is 6.34 Å². The van der Waals surface area contributed by atoms with Gasteiger partial charge in [0.15, 0.2) is 0 Å². The summed E-state index contributed by atoms with van der Waals surface area (Å²) in [5, 5.41) is 0. The Morgan fingerprint density at radius 2 is 2.67 bits per heavy atom. The fourth-order valence-electron chi connectivity index (χ4n) is 1.22. The average molecular weight is 166 g/mol. The summed E-state index contributed by atoms with van der Waals surface area (Å²) in [6, 6.07) is 0.213. The first-order chi connectivity index (χ1) is 5.88. The van der Waals surface area contributed by atoms with Crippen LogP contribution in [0, 0.1) is 0 Å². The van der Waals surface area contributed by atoms with Crippen LogP contribution in [-0.2, 0) is 4.74 Å². The number of hydrogen-bond donors (Lipinski definition) is 0. The minimum absolute atomic E-state index is 0.144. The van der Waals surface area contributed by atoms with Gasteiger partial charge in [-0.05, 0) is 6.42 Å². The van der Waals surface area contributed by atoms with Crippen LogP contribution in [0.15, 0.2) is 22.6 Å². The third-order valence-electron chi connectivity index (χ3n) is 1.91. The van der Waals surface area contributed by atoms with E-state index in [2.05, 4.69) is 16.6 Å². The first-order valence-electron chi connectivity index (χ1n) is 4.05. The van der Waals surface area contributed by atoms with Crippen molar-refractivity contribution in [3.63, 3.8) is 0 Å². The highest BCUT2D eigenvalue weighted by Gasteiger charge is 2.18. The molecule has 2 atom stereocenters. The number of aliphatic imine (C=N–C) groups is 2. The molecule has 0 saturated heterocycles. The Kier molecular flexibility index (Phi) is 3.67. The minimum Gasteiger partial charge on any atom is -0.379 e. The molecule has 0 fully saturated rings. The normalized spacial score (nSPS) is 23.9. The lowest BCUT2D eigenvalue weighted by Gasteiger charge is -2.21. The largest absolute Gasteiger partial charge is 0.379 e. The molecule has 0 aromatic carbocycles. The van der Waals surface area contributed by atoms with Crippen molar-refractivity contribution in [2.45, 2.75) is 25.0 Å². The maximum atomic E-state index is 5.28. The summed E-state index contributed by atoms with van der Waals surface area (Å²) in [7, 11) is 1.70. The number of nitrogens with zero attached hydrogens (tertiary/aromatic N) is 2. The predicted octanol–water partition coefficient (Wildman–Crippen LogP) is 1.45. The van der Waals surface area contributed by atoms with Crippen molar-refractivity contribution in [1.29, 1.82) is 0 Å². The number of hydrogen-bond acceptors (Lipinski definition) is 3. The second-order valence-electron chi connectivity index (χ2n) is 2.70. The van der Waals surface area contributed by atoms with Gasteiger partial charge in [0.25, 0.3) is 0 Å². The van der Waals surface area contributed by atoms with E-state index in [1.807, 2.05) is 12.3 Å². The zero-order valence-corrected chi connectivity index (χ0v) is 7.31. The molecule has 0 saturated carbocycles. The highest BCUT2D eigenvalue weighted by molar-refractivity contribution is 5.75. The fourth-order valence-corrected chi connectivity index (χ4v) is 1.22. The van der Waals surface area contributed by atoms with E-state index in [0.717, 1.165) is 12.8 Å². The molecule has 0 N–H and O–H groups in total. The molecule has 3 heteroatoms. The molecule has 0 radical (unpaired) electrons. The second-order valence-corrected chi connectivity index (χ2v) is 2.70. The molecule has 66 valence electrons. The van der Waals surface area contributed by atoms with Crippen molar-refractivity contribution < 1.29 is 4.74 Å².